The number of carboxylic acid groups (broad SMARTS) is 1. The molecule has 1 rings (SSSR count). The normalized spacial score (nSPS) is 12.8. The van der Waals surface area contributed by atoms with Gasteiger partial charge in [-0.1, -0.05) is 0 Å². The van der Waals surface area contributed by atoms with Crippen LogP contribution in [0.2, 0.25) is 0 Å². The summed E-state index contributed by atoms with van der Waals surface area (Å²) < 4.78 is 25.4. The summed E-state index contributed by atoms with van der Waals surface area (Å²) in [6, 6.07) is 3.15. The van der Waals surface area contributed by atoms with Gasteiger partial charge in [-0.05, 0) is 19.1 Å². The number of aromatic nitrogens is 1. The lowest BCUT2D eigenvalue weighted by Crippen LogP contribution is -2.32. The van der Waals surface area contributed by atoms with Gasteiger partial charge in [0.1, 0.15) is 5.82 Å². The van der Waals surface area contributed by atoms with Gasteiger partial charge in [-0.3, -0.25) is 9.52 Å². The van der Waals surface area contributed by atoms with E-state index >= 15 is 0 Å². The molecule has 0 fully saturated rings. The first-order valence-electron chi connectivity index (χ1n) is 5.12. The minimum atomic E-state index is -3.95. The molecule has 1 heterocycles. The van der Waals surface area contributed by atoms with Crippen LogP contribution in [0.4, 0.5) is 11.5 Å². The fraction of sp³-hybridized carbons (Fsp3) is 0.400. The summed E-state index contributed by atoms with van der Waals surface area (Å²) >= 11 is 0. The van der Waals surface area contributed by atoms with Crippen molar-refractivity contribution in [2.24, 2.45) is 0 Å². The summed E-state index contributed by atoms with van der Waals surface area (Å²) in [7, 11) is -0.340. The zero-order valence-corrected chi connectivity index (χ0v) is 11.1. The summed E-state index contributed by atoms with van der Waals surface area (Å²) in [5.41, 5.74) is 0.230. The first kappa shape index (κ1) is 14.2. The Morgan fingerprint density at radius 3 is 2.44 bits per heavy atom. The predicted octanol–water partition coefficient (Wildman–Crippen LogP) is 0.362. The van der Waals surface area contributed by atoms with E-state index in [0.717, 1.165) is 6.92 Å². The van der Waals surface area contributed by atoms with E-state index in [0.29, 0.717) is 5.82 Å². The van der Waals surface area contributed by atoms with Gasteiger partial charge >= 0.3 is 5.97 Å². The van der Waals surface area contributed by atoms with Gasteiger partial charge in [0.25, 0.3) is 0 Å². The topological polar surface area (TPSA) is 99.6 Å². The van der Waals surface area contributed by atoms with Crippen molar-refractivity contribution < 1.29 is 18.3 Å². The first-order valence-corrected chi connectivity index (χ1v) is 6.66. The van der Waals surface area contributed by atoms with Crippen LogP contribution in [0.3, 0.4) is 0 Å². The third-order valence-electron chi connectivity index (χ3n) is 2.28. The minimum absolute atomic E-state index is 0.230. The number of hydrogen-bond acceptors (Lipinski definition) is 5. The van der Waals surface area contributed by atoms with Gasteiger partial charge in [0.05, 0.1) is 11.9 Å². The van der Waals surface area contributed by atoms with Crippen molar-refractivity contribution >= 4 is 27.5 Å². The number of aliphatic carboxylic acids is 1. The molecule has 0 aliphatic rings. The third kappa shape index (κ3) is 3.33. The highest BCUT2D eigenvalue weighted by atomic mass is 32.2. The van der Waals surface area contributed by atoms with Crippen LogP contribution in [0, 0.1) is 0 Å². The summed E-state index contributed by atoms with van der Waals surface area (Å²) in [5, 5.41) is 7.15. The van der Waals surface area contributed by atoms with Crippen molar-refractivity contribution in [3.8, 4) is 0 Å². The Bertz CT molecular complexity index is 525. The molecule has 0 spiro atoms. The Morgan fingerprint density at radius 2 is 2.06 bits per heavy atom. The molecule has 0 radical (unpaired) electrons. The molecule has 0 saturated heterocycles. The summed E-state index contributed by atoms with van der Waals surface area (Å²) in [5.74, 6) is -0.732. The van der Waals surface area contributed by atoms with Crippen LogP contribution < -0.4 is 9.62 Å². The number of nitrogens with one attached hydrogen (secondary N) is 1. The van der Waals surface area contributed by atoms with Gasteiger partial charge in [-0.25, -0.2) is 13.4 Å². The van der Waals surface area contributed by atoms with Crippen LogP contribution in [0.1, 0.15) is 6.92 Å². The molecule has 1 atom stereocenters. The molecular weight excluding hydrogens is 258 g/mol. The minimum Gasteiger partial charge on any atom is -0.480 e. The van der Waals surface area contributed by atoms with E-state index in [2.05, 4.69) is 9.71 Å². The van der Waals surface area contributed by atoms with Crippen LogP contribution in [0.15, 0.2) is 18.3 Å². The van der Waals surface area contributed by atoms with Crippen molar-refractivity contribution in [3.63, 3.8) is 0 Å². The standard InChI is InChI=1S/C10H15N3O4S/c1-7(10(14)15)18(16,17)12-8-4-5-9(11-6-8)13(2)3/h4-7,12H,1-3H3,(H,14,15). The molecule has 7 nitrogen and oxygen atoms in total. The van der Waals surface area contributed by atoms with E-state index in [1.807, 2.05) is 0 Å². The number of nitrogens with zero attached hydrogens (tertiary/aromatic N) is 2. The second kappa shape index (κ2) is 5.21. The first-order chi connectivity index (χ1) is 8.24. The molecule has 1 aromatic rings. The van der Waals surface area contributed by atoms with Gasteiger partial charge in [-0.2, -0.15) is 0 Å². The lowest BCUT2D eigenvalue weighted by atomic mass is 10.4. The molecule has 8 heteroatoms. The second-order valence-electron chi connectivity index (χ2n) is 3.93. The monoisotopic (exact) mass is 273 g/mol. The van der Waals surface area contributed by atoms with Crippen LogP contribution in [-0.2, 0) is 14.8 Å². The molecule has 1 unspecified atom stereocenters. The zero-order valence-electron chi connectivity index (χ0n) is 10.3. The molecule has 0 aromatic carbocycles. The van der Waals surface area contributed by atoms with E-state index in [4.69, 9.17) is 5.11 Å². The molecule has 18 heavy (non-hydrogen) atoms. The van der Waals surface area contributed by atoms with Crippen LogP contribution >= 0.6 is 0 Å². The number of sulfonamides is 1. The largest absolute Gasteiger partial charge is 0.480 e. The number of rotatable bonds is 5. The Morgan fingerprint density at radius 1 is 1.44 bits per heavy atom. The van der Waals surface area contributed by atoms with Crippen molar-refractivity contribution in [3.05, 3.63) is 18.3 Å². The Hall–Kier alpha value is -1.83. The SMILES string of the molecule is CC(C(=O)O)S(=O)(=O)Nc1ccc(N(C)C)nc1. The highest BCUT2D eigenvalue weighted by molar-refractivity contribution is 7.94. The molecule has 1 aromatic heterocycles. The average Bonchev–Trinajstić information content (AvgIpc) is 2.28. The van der Waals surface area contributed by atoms with E-state index < -0.39 is 21.2 Å². The fourth-order valence-corrected chi connectivity index (χ4v) is 1.99. The summed E-state index contributed by atoms with van der Waals surface area (Å²) in [4.78, 5) is 16.4. The Balaban J connectivity index is 2.88. The fourth-order valence-electron chi connectivity index (χ4n) is 1.10. The van der Waals surface area contributed by atoms with Gasteiger partial charge in [-0.15, -0.1) is 0 Å². The molecule has 0 bridgehead atoms. The number of anilines is 2. The lowest BCUT2D eigenvalue weighted by Gasteiger charge is -2.13. The number of carbonyl (C=O) groups is 1. The molecule has 2 N–H and O–H groups in total. The molecule has 0 aliphatic heterocycles. The maximum absolute atomic E-state index is 11.6. The summed E-state index contributed by atoms with van der Waals surface area (Å²) in [6.45, 7) is 1.10. The van der Waals surface area contributed by atoms with Gasteiger partial charge in [0.15, 0.2) is 5.25 Å². The zero-order chi connectivity index (χ0) is 13.9. The molecule has 0 aliphatic carbocycles. The number of pyridine rings is 1. The van der Waals surface area contributed by atoms with Crippen molar-refractivity contribution in [1.29, 1.82) is 0 Å². The van der Waals surface area contributed by atoms with E-state index in [-0.39, 0.29) is 5.69 Å². The van der Waals surface area contributed by atoms with Crippen molar-refractivity contribution in [2.75, 3.05) is 23.7 Å². The molecular formula is C10H15N3O4S. The van der Waals surface area contributed by atoms with Gasteiger partial charge in [0.2, 0.25) is 10.0 Å². The number of hydrogen-bond donors (Lipinski definition) is 2. The van der Waals surface area contributed by atoms with E-state index in [1.165, 1.54) is 12.3 Å². The predicted molar refractivity (Wildman–Crippen MR) is 68.2 cm³/mol. The van der Waals surface area contributed by atoms with E-state index in [9.17, 15) is 13.2 Å². The highest BCUT2D eigenvalue weighted by Crippen LogP contribution is 2.14. The van der Waals surface area contributed by atoms with Crippen molar-refractivity contribution in [2.45, 2.75) is 12.2 Å². The maximum atomic E-state index is 11.6. The van der Waals surface area contributed by atoms with Crippen LogP contribution in [0.5, 0.6) is 0 Å². The quantitative estimate of drug-likeness (QED) is 0.803. The van der Waals surface area contributed by atoms with Gasteiger partial charge in [0, 0.05) is 14.1 Å². The van der Waals surface area contributed by atoms with E-state index in [1.54, 1.807) is 25.1 Å². The van der Waals surface area contributed by atoms with Gasteiger partial charge < -0.3 is 10.0 Å². The maximum Gasteiger partial charge on any atom is 0.323 e. The second-order valence-corrected chi connectivity index (χ2v) is 5.93. The Labute approximate surface area is 106 Å². The highest BCUT2D eigenvalue weighted by Gasteiger charge is 2.27. The molecule has 0 saturated carbocycles. The smallest absolute Gasteiger partial charge is 0.323 e. The van der Waals surface area contributed by atoms with Crippen LogP contribution in [-0.4, -0.2) is 43.8 Å². The van der Waals surface area contributed by atoms with Crippen molar-refractivity contribution in [1.82, 2.24) is 4.98 Å². The lowest BCUT2D eigenvalue weighted by molar-refractivity contribution is -0.136. The molecule has 0 amide bonds. The third-order valence-corrected chi connectivity index (χ3v) is 3.93. The average molecular weight is 273 g/mol. The van der Waals surface area contributed by atoms with Crippen LogP contribution in [0.25, 0.3) is 0 Å². The summed E-state index contributed by atoms with van der Waals surface area (Å²) in [6.07, 6.45) is 1.33. The Kier molecular flexibility index (Phi) is 4.12. The molecule has 100 valence electrons. The number of carboxylic acids is 1.